The third kappa shape index (κ3) is 4.35. The van der Waals surface area contributed by atoms with Gasteiger partial charge >= 0.3 is 11.1 Å². The maximum Gasteiger partial charge on any atom is 0.337 e. The molecule has 110 valence electrons. The number of benzene rings is 1. The summed E-state index contributed by atoms with van der Waals surface area (Å²) in [5, 5.41) is 16.4. The summed E-state index contributed by atoms with van der Waals surface area (Å²) < 4.78 is 7.52. The van der Waals surface area contributed by atoms with E-state index in [4.69, 9.17) is 9.84 Å². The molecule has 0 aliphatic heterocycles. The van der Waals surface area contributed by atoms with Gasteiger partial charge in [-0.1, -0.05) is 30.9 Å². The van der Waals surface area contributed by atoms with Crippen LogP contribution < -0.4 is 9.30 Å². The Labute approximate surface area is 126 Å². The highest BCUT2D eigenvalue weighted by Crippen LogP contribution is 2.13. The van der Waals surface area contributed by atoms with E-state index < -0.39 is 5.97 Å². The molecule has 6 nitrogen and oxygen atoms in total. The zero-order valence-corrected chi connectivity index (χ0v) is 12.2. The lowest BCUT2D eigenvalue weighted by Crippen LogP contribution is -2.38. The van der Waals surface area contributed by atoms with E-state index in [9.17, 15) is 4.79 Å². The van der Waals surface area contributed by atoms with Crippen molar-refractivity contribution in [1.29, 1.82) is 0 Å². The molecule has 0 amide bonds. The summed E-state index contributed by atoms with van der Waals surface area (Å²) in [5.41, 5.74) is 0. The smallest absolute Gasteiger partial charge is 0.337 e. The summed E-state index contributed by atoms with van der Waals surface area (Å²) in [6.07, 6.45) is 1.73. The summed E-state index contributed by atoms with van der Waals surface area (Å²) in [6.45, 7) is 4.55. The summed E-state index contributed by atoms with van der Waals surface area (Å²) >= 11 is 1.16. The van der Waals surface area contributed by atoms with Crippen LogP contribution in [-0.4, -0.2) is 27.0 Å². The van der Waals surface area contributed by atoms with Crippen LogP contribution in [0.1, 0.15) is 5.82 Å². The van der Waals surface area contributed by atoms with Gasteiger partial charge in [0.05, 0.1) is 11.6 Å². The van der Waals surface area contributed by atoms with E-state index in [-0.39, 0.29) is 5.75 Å². The second-order valence-corrected chi connectivity index (χ2v) is 5.08. The molecule has 0 aliphatic carbocycles. The third-order valence-corrected chi connectivity index (χ3v) is 3.55. The fraction of sp³-hybridized carbons (Fsp3) is 0.214. The van der Waals surface area contributed by atoms with Gasteiger partial charge in [-0.15, -0.1) is 5.10 Å². The number of thioether (sulfide) groups is 1. The van der Waals surface area contributed by atoms with Crippen molar-refractivity contribution >= 4 is 17.7 Å². The number of hydrogen-bond donors (Lipinski definition) is 2. The molecule has 21 heavy (non-hydrogen) atoms. The first-order valence-electron chi connectivity index (χ1n) is 6.31. The van der Waals surface area contributed by atoms with E-state index >= 15 is 0 Å². The lowest BCUT2D eigenvalue weighted by Gasteiger charge is -2.04. The van der Waals surface area contributed by atoms with E-state index in [1.165, 1.54) is 0 Å². The minimum Gasteiger partial charge on any atom is -0.482 e. The van der Waals surface area contributed by atoms with Gasteiger partial charge in [0.25, 0.3) is 5.82 Å². The molecule has 0 bridgehead atoms. The van der Waals surface area contributed by atoms with Gasteiger partial charge in [0.2, 0.25) is 0 Å². The molecule has 0 atom stereocenters. The van der Waals surface area contributed by atoms with Crippen LogP contribution in [0.2, 0.25) is 0 Å². The van der Waals surface area contributed by atoms with Crippen LogP contribution >= 0.6 is 11.8 Å². The third-order valence-electron chi connectivity index (χ3n) is 2.59. The fourth-order valence-corrected chi connectivity index (χ4v) is 2.38. The summed E-state index contributed by atoms with van der Waals surface area (Å²) in [4.78, 5) is 10.6. The second-order valence-electron chi connectivity index (χ2n) is 4.14. The maximum atomic E-state index is 10.6. The topological polar surface area (TPSA) is 79.1 Å². The molecule has 0 saturated carbocycles. The number of aromatic amines is 1. The maximum absolute atomic E-state index is 10.6. The summed E-state index contributed by atoms with van der Waals surface area (Å²) in [5.74, 6) is 0.597. The minimum atomic E-state index is -0.879. The van der Waals surface area contributed by atoms with Gasteiger partial charge in [-0.25, -0.2) is 4.57 Å². The highest BCUT2D eigenvalue weighted by atomic mass is 32.2. The number of H-pyrrole nitrogens is 1. The minimum absolute atomic E-state index is 0.0407. The number of carbonyl (C=O) groups is 1. The van der Waals surface area contributed by atoms with Crippen molar-refractivity contribution in [3.05, 3.63) is 48.8 Å². The quantitative estimate of drug-likeness (QED) is 0.440. The Morgan fingerprint density at radius 3 is 2.90 bits per heavy atom. The molecular formula is C14H16N3O3S+. The summed E-state index contributed by atoms with van der Waals surface area (Å²) in [7, 11) is 0. The molecule has 0 aliphatic rings. The SMILES string of the molecule is C=CC[n+]1c(SCC(=O)O)n[nH]c1COc1ccccc1. The van der Waals surface area contributed by atoms with E-state index in [1.807, 2.05) is 34.9 Å². The lowest BCUT2D eigenvalue weighted by molar-refractivity contribution is -0.731. The van der Waals surface area contributed by atoms with E-state index in [1.54, 1.807) is 6.08 Å². The average molecular weight is 306 g/mol. The number of nitrogens with zero attached hydrogens (tertiary/aromatic N) is 2. The Balaban J connectivity index is 2.07. The molecule has 0 fully saturated rings. The molecule has 1 heterocycles. The molecule has 7 heteroatoms. The molecular weight excluding hydrogens is 290 g/mol. The van der Waals surface area contributed by atoms with E-state index in [2.05, 4.69) is 16.8 Å². The number of para-hydroxylation sites is 1. The number of carboxylic acids is 1. The number of aromatic nitrogens is 3. The van der Waals surface area contributed by atoms with Gasteiger partial charge in [-0.05, 0) is 23.9 Å². The molecule has 1 aromatic heterocycles. The monoisotopic (exact) mass is 306 g/mol. The van der Waals surface area contributed by atoms with Crippen LogP contribution in [0.3, 0.4) is 0 Å². The van der Waals surface area contributed by atoms with Crippen LogP contribution in [0.4, 0.5) is 0 Å². The predicted molar refractivity (Wildman–Crippen MR) is 78.1 cm³/mol. The van der Waals surface area contributed by atoms with Crippen molar-refractivity contribution in [3.63, 3.8) is 0 Å². The largest absolute Gasteiger partial charge is 0.482 e. The van der Waals surface area contributed by atoms with Crippen molar-refractivity contribution in [2.24, 2.45) is 0 Å². The van der Waals surface area contributed by atoms with Gasteiger partial charge < -0.3 is 9.84 Å². The molecule has 0 radical (unpaired) electrons. The highest BCUT2D eigenvalue weighted by Gasteiger charge is 2.21. The predicted octanol–water partition coefficient (Wildman–Crippen LogP) is 1.64. The average Bonchev–Trinajstić information content (AvgIpc) is 2.87. The molecule has 2 rings (SSSR count). The summed E-state index contributed by atoms with van der Waals surface area (Å²) in [6, 6.07) is 9.45. The van der Waals surface area contributed by atoms with Gasteiger partial charge in [-0.3, -0.25) is 4.79 Å². The Morgan fingerprint density at radius 2 is 2.24 bits per heavy atom. The van der Waals surface area contributed by atoms with Gasteiger partial charge in [0.15, 0.2) is 6.61 Å². The van der Waals surface area contributed by atoms with Crippen LogP contribution in [-0.2, 0) is 17.9 Å². The Hall–Kier alpha value is -2.28. The fourth-order valence-electron chi connectivity index (χ4n) is 1.68. The van der Waals surface area contributed by atoms with Crippen molar-refractivity contribution in [2.75, 3.05) is 5.75 Å². The number of ether oxygens (including phenoxy) is 1. The van der Waals surface area contributed by atoms with Gasteiger partial charge in [-0.2, -0.15) is 0 Å². The number of allylic oxidation sites excluding steroid dienone is 1. The standard InChI is InChI=1S/C14H15N3O3S/c1-2-8-17-12(9-20-11-6-4-3-5-7-11)15-16-14(17)21-10-13(18)19/h2-7H,1,8-10H2,(H,18,19)/p+1. The number of rotatable bonds is 8. The lowest BCUT2D eigenvalue weighted by atomic mass is 10.3. The number of nitrogens with one attached hydrogen (secondary N) is 1. The van der Waals surface area contributed by atoms with Crippen LogP contribution in [0.5, 0.6) is 5.75 Å². The first-order valence-corrected chi connectivity index (χ1v) is 7.29. The van der Waals surface area contributed by atoms with Gasteiger partial charge in [0.1, 0.15) is 11.5 Å². The molecule has 0 saturated heterocycles. The zero-order chi connectivity index (χ0) is 15.1. The van der Waals surface area contributed by atoms with Crippen molar-refractivity contribution < 1.29 is 19.2 Å². The van der Waals surface area contributed by atoms with E-state index in [0.29, 0.717) is 18.3 Å². The van der Waals surface area contributed by atoms with Crippen LogP contribution in [0, 0.1) is 0 Å². The number of carboxylic acid groups (broad SMARTS) is 1. The molecule has 2 N–H and O–H groups in total. The Morgan fingerprint density at radius 1 is 1.48 bits per heavy atom. The zero-order valence-electron chi connectivity index (χ0n) is 11.4. The highest BCUT2D eigenvalue weighted by molar-refractivity contribution is 7.99. The van der Waals surface area contributed by atoms with Gasteiger partial charge in [0, 0.05) is 0 Å². The number of hydrogen-bond acceptors (Lipinski definition) is 4. The molecule has 0 spiro atoms. The molecule has 2 aromatic rings. The van der Waals surface area contributed by atoms with Crippen molar-refractivity contribution in [3.8, 4) is 5.75 Å². The van der Waals surface area contributed by atoms with Crippen molar-refractivity contribution in [2.45, 2.75) is 18.3 Å². The van der Waals surface area contributed by atoms with Crippen LogP contribution in [0.15, 0.2) is 48.1 Å². The molecule has 0 unspecified atom stereocenters. The first-order chi connectivity index (χ1) is 10.2. The Kier molecular flexibility index (Phi) is 5.39. The second kappa shape index (κ2) is 7.49. The number of aliphatic carboxylic acids is 1. The van der Waals surface area contributed by atoms with E-state index in [0.717, 1.165) is 23.3 Å². The van der Waals surface area contributed by atoms with Crippen molar-refractivity contribution in [1.82, 2.24) is 10.2 Å². The van der Waals surface area contributed by atoms with Crippen LogP contribution in [0.25, 0.3) is 0 Å². The molecule has 1 aromatic carbocycles. The first kappa shape index (κ1) is 15.1. The normalized spacial score (nSPS) is 10.3. The Bertz CT molecular complexity index is 613.